The Hall–Kier alpha value is -3.77. The van der Waals surface area contributed by atoms with E-state index in [1.165, 1.54) is 16.9 Å². The van der Waals surface area contributed by atoms with Gasteiger partial charge in [0.05, 0.1) is 17.7 Å². The van der Waals surface area contributed by atoms with Crippen LogP contribution in [0.3, 0.4) is 0 Å². The van der Waals surface area contributed by atoms with E-state index >= 15 is 0 Å². The van der Waals surface area contributed by atoms with Crippen LogP contribution in [0.4, 0.5) is 32.0 Å². The van der Waals surface area contributed by atoms with Gasteiger partial charge in [-0.15, -0.1) is 0 Å². The Morgan fingerprint density at radius 3 is 2.30 bits per heavy atom. The summed E-state index contributed by atoms with van der Waals surface area (Å²) in [5, 5.41) is 14.7. The summed E-state index contributed by atoms with van der Waals surface area (Å²) in [5.41, 5.74) is -1.84. The minimum absolute atomic E-state index is 0.0835. The van der Waals surface area contributed by atoms with Crippen molar-refractivity contribution in [2.75, 3.05) is 5.32 Å². The molecule has 0 unspecified atom stereocenters. The number of aryl methyl sites for hydroxylation is 2. The predicted molar refractivity (Wildman–Crippen MR) is 121 cm³/mol. The third-order valence-corrected chi connectivity index (χ3v) is 5.50. The van der Waals surface area contributed by atoms with Gasteiger partial charge < -0.3 is 15.0 Å². The van der Waals surface area contributed by atoms with Crippen molar-refractivity contribution in [1.82, 2.24) is 14.3 Å². The van der Waals surface area contributed by atoms with Crippen molar-refractivity contribution in [2.24, 2.45) is 0 Å². The Bertz CT molecular complexity index is 1270. The smallest absolute Gasteiger partial charge is 0.435 e. The Balaban J connectivity index is 1.80. The van der Waals surface area contributed by atoms with E-state index in [1.807, 2.05) is 0 Å². The van der Waals surface area contributed by atoms with Crippen LogP contribution in [0.2, 0.25) is 0 Å². The first-order valence-electron chi connectivity index (χ1n) is 11.2. The van der Waals surface area contributed by atoms with Gasteiger partial charge in [-0.05, 0) is 62.6 Å². The number of nitrogens with zero attached hydrogens (tertiary/aromatic N) is 3. The molecule has 0 aliphatic heterocycles. The van der Waals surface area contributed by atoms with Gasteiger partial charge in [0.25, 0.3) is 5.91 Å². The number of aromatic nitrogens is 3. The fourth-order valence-electron chi connectivity index (χ4n) is 3.96. The Kier molecular flexibility index (Phi) is 8.03. The molecule has 3 aromatic rings. The third-order valence-electron chi connectivity index (χ3n) is 5.50. The minimum atomic E-state index is -4.78. The zero-order valence-corrected chi connectivity index (χ0v) is 19.8. The molecule has 0 atom stereocenters. The lowest BCUT2D eigenvalue weighted by atomic mass is 10.1. The largest absolute Gasteiger partial charge is 0.481 e. The molecule has 2 heterocycles. The number of carbonyl (C=O) groups is 2. The quantitative estimate of drug-likeness (QED) is 0.342. The summed E-state index contributed by atoms with van der Waals surface area (Å²) in [6.07, 6.45) is -7.86. The van der Waals surface area contributed by atoms with Crippen LogP contribution in [0.15, 0.2) is 42.6 Å². The molecule has 7 nitrogen and oxygen atoms in total. The van der Waals surface area contributed by atoms with E-state index < -0.39 is 47.6 Å². The number of anilines is 1. The van der Waals surface area contributed by atoms with E-state index in [0.29, 0.717) is 18.5 Å². The van der Waals surface area contributed by atoms with Crippen LogP contribution in [0, 0.1) is 0 Å². The highest BCUT2D eigenvalue weighted by Crippen LogP contribution is 2.36. The molecule has 0 aliphatic rings. The fraction of sp³-hybridized carbons (Fsp3) is 0.375. The number of halogens is 6. The first-order chi connectivity index (χ1) is 17.2. The summed E-state index contributed by atoms with van der Waals surface area (Å²) in [6, 6.07) is 6.45. The van der Waals surface area contributed by atoms with Crippen molar-refractivity contribution < 1.29 is 41.0 Å². The molecule has 2 aromatic heterocycles. The van der Waals surface area contributed by atoms with Gasteiger partial charge in [0.2, 0.25) is 0 Å². The fourth-order valence-corrected chi connectivity index (χ4v) is 3.96. The van der Waals surface area contributed by atoms with Crippen LogP contribution in [0.25, 0.3) is 0 Å². The number of carboxylic acids is 1. The zero-order valence-electron chi connectivity index (χ0n) is 19.8. The Morgan fingerprint density at radius 2 is 1.73 bits per heavy atom. The van der Waals surface area contributed by atoms with Gasteiger partial charge in [0.1, 0.15) is 5.69 Å². The maximum atomic E-state index is 13.5. The number of aliphatic carboxylic acids is 1. The number of benzene rings is 1. The van der Waals surface area contributed by atoms with Crippen LogP contribution in [0.1, 0.15) is 59.3 Å². The molecule has 13 heteroatoms. The van der Waals surface area contributed by atoms with Crippen LogP contribution >= 0.6 is 0 Å². The number of nitrogens with one attached hydrogen (secondary N) is 1. The average Bonchev–Trinajstić information content (AvgIpc) is 3.40. The minimum Gasteiger partial charge on any atom is -0.481 e. The molecule has 2 N–H and O–H groups in total. The van der Waals surface area contributed by atoms with Crippen LogP contribution < -0.4 is 5.32 Å². The second-order valence-corrected chi connectivity index (χ2v) is 8.64. The lowest BCUT2D eigenvalue weighted by Crippen LogP contribution is -2.22. The van der Waals surface area contributed by atoms with Crippen molar-refractivity contribution in [2.45, 2.75) is 58.0 Å². The average molecular weight is 530 g/mol. The second kappa shape index (κ2) is 10.7. The molecule has 37 heavy (non-hydrogen) atoms. The molecule has 3 rings (SSSR count). The highest BCUT2D eigenvalue weighted by atomic mass is 19.4. The molecule has 0 aliphatic carbocycles. The van der Waals surface area contributed by atoms with Gasteiger partial charge in [-0.25, -0.2) is 0 Å². The number of alkyl halides is 6. The predicted octanol–water partition coefficient (Wildman–Crippen LogP) is 5.82. The molecule has 0 spiro atoms. The number of carboxylic acid groups (broad SMARTS) is 1. The Morgan fingerprint density at radius 1 is 1.03 bits per heavy atom. The number of hydrogen-bond donors (Lipinski definition) is 2. The lowest BCUT2D eigenvalue weighted by molar-refractivity contribution is -0.141. The highest BCUT2D eigenvalue weighted by Gasteiger charge is 2.35. The van der Waals surface area contributed by atoms with E-state index in [1.54, 1.807) is 24.5 Å². The summed E-state index contributed by atoms with van der Waals surface area (Å²) in [5.74, 6) is -2.06. The maximum absolute atomic E-state index is 13.5. The van der Waals surface area contributed by atoms with Crippen LogP contribution in [0.5, 0.6) is 0 Å². The second-order valence-electron chi connectivity index (χ2n) is 8.64. The van der Waals surface area contributed by atoms with Crippen molar-refractivity contribution in [1.29, 1.82) is 0 Å². The molecule has 0 fully saturated rings. The number of hydrogen-bond acceptors (Lipinski definition) is 3. The Labute approximate surface area is 207 Å². The molecular formula is C24H24F6N4O3. The van der Waals surface area contributed by atoms with E-state index in [-0.39, 0.29) is 23.8 Å². The van der Waals surface area contributed by atoms with Gasteiger partial charge in [0, 0.05) is 24.5 Å². The summed E-state index contributed by atoms with van der Waals surface area (Å²) in [4.78, 5) is 24.0. The topological polar surface area (TPSA) is 89.2 Å². The van der Waals surface area contributed by atoms with Crippen molar-refractivity contribution in [3.05, 3.63) is 70.8 Å². The SMILES string of the molecule is CC(C)n1c(CCCn2ccc(C(F)(F)F)n2)ccc1C(=O)Nc1cc(CC(=O)O)ccc1C(F)(F)F. The summed E-state index contributed by atoms with van der Waals surface area (Å²) in [7, 11) is 0. The molecule has 0 bridgehead atoms. The molecule has 0 saturated heterocycles. The van der Waals surface area contributed by atoms with Crippen LogP contribution in [-0.2, 0) is 36.5 Å². The van der Waals surface area contributed by atoms with Gasteiger partial charge >= 0.3 is 18.3 Å². The molecular weight excluding hydrogens is 506 g/mol. The van der Waals surface area contributed by atoms with E-state index in [0.717, 1.165) is 24.3 Å². The lowest BCUT2D eigenvalue weighted by Gasteiger charge is -2.19. The standard InChI is InChI=1S/C24H24F6N4O3/c1-14(2)34-16(4-3-10-33-11-9-20(32-33)24(28,29)30)6-8-19(34)22(37)31-18-12-15(13-21(35)36)5-7-17(18)23(25,26)27/h5-9,11-12,14H,3-4,10,13H2,1-2H3,(H,31,37)(H,35,36). The van der Waals surface area contributed by atoms with E-state index in [9.17, 15) is 35.9 Å². The van der Waals surface area contributed by atoms with Gasteiger partial charge in [-0.2, -0.15) is 31.4 Å². The summed E-state index contributed by atoms with van der Waals surface area (Å²) < 4.78 is 81.5. The molecule has 1 aromatic carbocycles. The summed E-state index contributed by atoms with van der Waals surface area (Å²) in [6.45, 7) is 3.74. The molecule has 200 valence electrons. The number of amides is 1. The first kappa shape index (κ1) is 27.8. The van der Waals surface area contributed by atoms with Gasteiger partial charge in [-0.3, -0.25) is 14.3 Å². The molecule has 0 radical (unpaired) electrons. The number of rotatable bonds is 9. The third kappa shape index (κ3) is 6.92. The molecule has 1 amide bonds. The normalized spacial score (nSPS) is 12.2. The van der Waals surface area contributed by atoms with Crippen molar-refractivity contribution in [3.8, 4) is 0 Å². The number of carbonyl (C=O) groups excluding carboxylic acids is 1. The van der Waals surface area contributed by atoms with Gasteiger partial charge in [-0.1, -0.05) is 6.07 Å². The highest BCUT2D eigenvalue weighted by molar-refractivity contribution is 6.04. The first-order valence-corrected chi connectivity index (χ1v) is 11.2. The van der Waals surface area contributed by atoms with Crippen LogP contribution in [-0.4, -0.2) is 31.3 Å². The van der Waals surface area contributed by atoms with E-state index in [4.69, 9.17) is 5.11 Å². The van der Waals surface area contributed by atoms with E-state index in [2.05, 4.69) is 10.4 Å². The summed E-state index contributed by atoms with van der Waals surface area (Å²) >= 11 is 0. The zero-order chi connectivity index (χ0) is 27.5. The maximum Gasteiger partial charge on any atom is 0.435 e. The monoisotopic (exact) mass is 530 g/mol. The molecule has 0 saturated carbocycles. The van der Waals surface area contributed by atoms with Crippen molar-refractivity contribution >= 4 is 17.6 Å². The van der Waals surface area contributed by atoms with Gasteiger partial charge in [0.15, 0.2) is 5.69 Å². The van der Waals surface area contributed by atoms with Crippen molar-refractivity contribution in [3.63, 3.8) is 0 Å².